The molecular weight excluding hydrogens is 297 g/mol. The molecule has 0 unspecified atom stereocenters. The Morgan fingerprint density at radius 1 is 1.25 bits per heavy atom. The van der Waals surface area contributed by atoms with Gasteiger partial charge in [0.1, 0.15) is 17.4 Å². The summed E-state index contributed by atoms with van der Waals surface area (Å²) in [5, 5.41) is 3.94. The van der Waals surface area contributed by atoms with Crippen molar-refractivity contribution >= 4 is 34.8 Å². The standard InChI is InChI=1S/C14H15Cl2N3O/c1-20-12-5-3-2-4-9(12)6-7-18-14-11(16)8-10(15)13(17)19-14/h2-5,8H,6-7H2,1H3,(H3,17,18,19). The molecule has 1 aromatic carbocycles. The minimum atomic E-state index is 0.260. The summed E-state index contributed by atoms with van der Waals surface area (Å²) in [6.07, 6.45) is 0.782. The topological polar surface area (TPSA) is 60.2 Å². The first kappa shape index (κ1) is 14.8. The summed E-state index contributed by atoms with van der Waals surface area (Å²) in [5.41, 5.74) is 6.77. The lowest BCUT2D eigenvalue weighted by atomic mass is 10.1. The van der Waals surface area contributed by atoms with Gasteiger partial charge >= 0.3 is 0 Å². The molecule has 0 aliphatic heterocycles. The highest BCUT2D eigenvalue weighted by atomic mass is 35.5. The fourth-order valence-corrected chi connectivity index (χ4v) is 2.26. The third kappa shape index (κ3) is 3.46. The lowest BCUT2D eigenvalue weighted by molar-refractivity contribution is 0.410. The molecule has 1 heterocycles. The van der Waals surface area contributed by atoms with Crippen LogP contribution >= 0.6 is 23.2 Å². The Bertz CT molecular complexity index is 605. The maximum Gasteiger partial charge on any atom is 0.147 e. The van der Waals surface area contributed by atoms with Gasteiger partial charge in [-0.2, -0.15) is 0 Å². The predicted molar refractivity (Wildman–Crippen MR) is 83.9 cm³/mol. The number of ether oxygens (including phenoxy) is 1. The van der Waals surface area contributed by atoms with E-state index >= 15 is 0 Å². The minimum absolute atomic E-state index is 0.260. The molecule has 0 saturated carbocycles. The number of halogens is 2. The van der Waals surface area contributed by atoms with E-state index in [0.717, 1.165) is 17.7 Å². The molecule has 4 nitrogen and oxygen atoms in total. The van der Waals surface area contributed by atoms with Crippen LogP contribution in [0.25, 0.3) is 0 Å². The molecule has 0 aliphatic carbocycles. The highest BCUT2D eigenvalue weighted by molar-refractivity contribution is 6.37. The van der Waals surface area contributed by atoms with Crippen molar-refractivity contribution in [3.05, 3.63) is 45.9 Å². The van der Waals surface area contributed by atoms with Crippen LogP contribution in [0.3, 0.4) is 0 Å². The first-order chi connectivity index (χ1) is 9.61. The van der Waals surface area contributed by atoms with Gasteiger partial charge < -0.3 is 15.8 Å². The molecule has 0 atom stereocenters. The van der Waals surface area contributed by atoms with Gasteiger partial charge in [-0.05, 0) is 24.1 Å². The van der Waals surface area contributed by atoms with Crippen molar-refractivity contribution in [2.75, 3.05) is 24.7 Å². The molecule has 2 aromatic rings. The smallest absolute Gasteiger partial charge is 0.147 e. The number of methoxy groups -OCH3 is 1. The Labute approximate surface area is 127 Å². The summed E-state index contributed by atoms with van der Waals surface area (Å²) < 4.78 is 5.30. The molecule has 0 aliphatic rings. The average molecular weight is 312 g/mol. The maximum atomic E-state index is 6.05. The van der Waals surface area contributed by atoms with E-state index in [-0.39, 0.29) is 5.82 Å². The zero-order valence-corrected chi connectivity index (χ0v) is 12.5. The number of nitrogens with two attached hydrogens (primary N) is 1. The highest BCUT2D eigenvalue weighted by Crippen LogP contribution is 2.27. The Kier molecular flexibility index (Phi) is 4.93. The molecule has 0 fully saturated rings. The van der Waals surface area contributed by atoms with Crippen molar-refractivity contribution in [2.24, 2.45) is 0 Å². The Morgan fingerprint density at radius 3 is 2.75 bits per heavy atom. The second-order valence-corrected chi connectivity index (χ2v) is 4.99. The number of aromatic nitrogens is 1. The molecule has 106 valence electrons. The van der Waals surface area contributed by atoms with E-state index in [0.29, 0.717) is 22.4 Å². The van der Waals surface area contributed by atoms with Crippen LogP contribution in [-0.2, 0) is 6.42 Å². The van der Waals surface area contributed by atoms with Gasteiger partial charge in [-0.25, -0.2) is 4.98 Å². The summed E-state index contributed by atoms with van der Waals surface area (Å²) in [7, 11) is 1.66. The van der Waals surface area contributed by atoms with Crippen LogP contribution in [0.1, 0.15) is 5.56 Å². The van der Waals surface area contributed by atoms with Crippen molar-refractivity contribution in [1.82, 2.24) is 4.98 Å². The van der Waals surface area contributed by atoms with Gasteiger partial charge in [-0.1, -0.05) is 41.4 Å². The summed E-state index contributed by atoms with van der Waals surface area (Å²) in [6, 6.07) is 9.45. The number of anilines is 2. The number of rotatable bonds is 5. The normalized spacial score (nSPS) is 10.3. The molecule has 0 amide bonds. The predicted octanol–water partition coefficient (Wildman–Crippen LogP) is 3.63. The molecule has 0 saturated heterocycles. The van der Waals surface area contributed by atoms with E-state index < -0.39 is 0 Å². The number of benzene rings is 1. The lowest BCUT2D eigenvalue weighted by Crippen LogP contribution is -2.08. The van der Waals surface area contributed by atoms with Gasteiger partial charge in [-0.15, -0.1) is 0 Å². The number of nitrogen functional groups attached to an aromatic ring is 1. The number of para-hydroxylation sites is 1. The zero-order valence-electron chi connectivity index (χ0n) is 11.0. The monoisotopic (exact) mass is 311 g/mol. The number of hydrogen-bond acceptors (Lipinski definition) is 4. The highest BCUT2D eigenvalue weighted by Gasteiger charge is 2.07. The fraction of sp³-hybridized carbons (Fsp3) is 0.214. The first-order valence-corrected chi connectivity index (χ1v) is 6.84. The lowest BCUT2D eigenvalue weighted by Gasteiger charge is -2.11. The van der Waals surface area contributed by atoms with Crippen molar-refractivity contribution in [2.45, 2.75) is 6.42 Å². The van der Waals surface area contributed by atoms with E-state index in [2.05, 4.69) is 10.3 Å². The van der Waals surface area contributed by atoms with Gasteiger partial charge in [-0.3, -0.25) is 0 Å². The molecule has 0 bridgehead atoms. The third-order valence-corrected chi connectivity index (χ3v) is 3.43. The number of pyridine rings is 1. The summed E-state index contributed by atoms with van der Waals surface area (Å²) in [6.45, 7) is 0.661. The Balaban J connectivity index is 2.01. The van der Waals surface area contributed by atoms with Crippen LogP contribution in [0, 0.1) is 0 Å². The Hall–Kier alpha value is -1.65. The zero-order chi connectivity index (χ0) is 14.5. The molecule has 1 aromatic heterocycles. The maximum absolute atomic E-state index is 6.05. The molecular formula is C14H15Cl2N3O. The third-order valence-electron chi connectivity index (χ3n) is 2.84. The molecule has 2 rings (SSSR count). The second-order valence-electron chi connectivity index (χ2n) is 4.17. The van der Waals surface area contributed by atoms with E-state index in [1.165, 1.54) is 0 Å². The van der Waals surface area contributed by atoms with Gasteiger partial charge in [0, 0.05) is 6.54 Å². The number of hydrogen-bond donors (Lipinski definition) is 2. The molecule has 0 radical (unpaired) electrons. The van der Waals surface area contributed by atoms with Crippen LogP contribution < -0.4 is 15.8 Å². The van der Waals surface area contributed by atoms with Gasteiger partial charge in [0.05, 0.1) is 17.2 Å². The van der Waals surface area contributed by atoms with Crippen LogP contribution in [-0.4, -0.2) is 18.6 Å². The summed E-state index contributed by atoms with van der Waals surface area (Å²) in [4.78, 5) is 4.12. The van der Waals surface area contributed by atoms with E-state index in [1.54, 1.807) is 13.2 Å². The van der Waals surface area contributed by atoms with Crippen LogP contribution in [0.15, 0.2) is 30.3 Å². The van der Waals surface area contributed by atoms with Crippen LogP contribution in [0.2, 0.25) is 10.0 Å². The molecule has 0 spiro atoms. The van der Waals surface area contributed by atoms with Crippen molar-refractivity contribution < 1.29 is 4.74 Å². The van der Waals surface area contributed by atoms with Gasteiger partial charge in [0.15, 0.2) is 0 Å². The van der Waals surface area contributed by atoms with Crippen molar-refractivity contribution in [1.29, 1.82) is 0 Å². The summed E-state index contributed by atoms with van der Waals surface area (Å²) in [5.74, 6) is 1.66. The summed E-state index contributed by atoms with van der Waals surface area (Å²) >= 11 is 11.9. The van der Waals surface area contributed by atoms with Gasteiger partial charge in [0.2, 0.25) is 0 Å². The minimum Gasteiger partial charge on any atom is -0.496 e. The van der Waals surface area contributed by atoms with Gasteiger partial charge in [0.25, 0.3) is 0 Å². The largest absolute Gasteiger partial charge is 0.496 e. The molecule has 6 heteroatoms. The molecule has 3 N–H and O–H groups in total. The first-order valence-electron chi connectivity index (χ1n) is 6.09. The number of nitrogens with one attached hydrogen (secondary N) is 1. The van der Waals surface area contributed by atoms with E-state index in [4.69, 9.17) is 33.7 Å². The second kappa shape index (κ2) is 6.68. The number of nitrogens with zero attached hydrogens (tertiary/aromatic N) is 1. The fourth-order valence-electron chi connectivity index (χ4n) is 1.83. The van der Waals surface area contributed by atoms with E-state index in [9.17, 15) is 0 Å². The van der Waals surface area contributed by atoms with Crippen molar-refractivity contribution in [3.63, 3.8) is 0 Å². The molecule has 20 heavy (non-hydrogen) atoms. The van der Waals surface area contributed by atoms with Crippen molar-refractivity contribution in [3.8, 4) is 5.75 Å². The Morgan fingerprint density at radius 2 is 2.00 bits per heavy atom. The van der Waals surface area contributed by atoms with E-state index in [1.807, 2.05) is 24.3 Å². The van der Waals surface area contributed by atoms with Crippen LogP contribution in [0.5, 0.6) is 5.75 Å². The SMILES string of the molecule is COc1ccccc1CCNc1nc(N)c(Cl)cc1Cl. The quantitative estimate of drug-likeness (QED) is 0.885. The van der Waals surface area contributed by atoms with Crippen LogP contribution in [0.4, 0.5) is 11.6 Å². The average Bonchev–Trinajstić information content (AvgIpc) is 2.45.